The second-order valence-corrected chi connectivity index (χ2v) is 7.49. The smallest absolute Gasteiger partial charge is 0.135 e. The zero-order valence-electron chi connectivity index (χ0n) is 15.8. The van der Waals surface area contributed by atoms with Gasteiger partial charge in [0.25, 0.3) is 0 Å². The molecule has 2 aromatic carbocycles. The summed E-state index contributed by atoms with van der Waals surface area (Å²) in [5, 5.41) is 2.27. The van der Waals surface area contributed by atoms with Gasteiger partial charge in [-0.1, -0.05) is 69.4 Å². The van der Waals surface area contributed by atoms with Crippen molar-refractivity contribution in [3.05, 3.63) is 42.0 Å². The molecule has 134 valence electrons. The molecule has 0 aromatic heterocycles. The molecule has 1 aliphatic heterocycles. The number of hydrogen-bond donors (Lipinski definition) is 0. The molecule has 0 aliphatic carbocycles. The second kappa shape index (κ2) is 7.95. The van der Waals surface area contributed by atoms with Gasteiger partial charge in [-0.05, 0) is 32.4 Å². The molecule has 0 amide bonds. The molecule has 0 radical (unpaired) electrons. The Balaban J connectivity index is 1.74. The van der Waals surface area contributed by atoms with E-state index in [1.54, 1.807) is 0 Å². The Morgan fingerprint density at radius 2 is 1.68 bits per heavy atom. The summed E-state index contributed by atoms with van der Waals surface area (Å²) in [6.07, 6.45) is 11.9. The molecule has 0 bridgehead atoms. The number of benzene rings is 2. The minimum absolute atomic E-state index is 0.267. The van der Waals surface area contributed by atoms with Crippen LogP contribution in [0.3, 0.4) is 0 Å². The highest BCUT2D eigenvalue weighted by Gasteiger charge is 2.24. The highest BCUT2D eigenvalue weighted by atomic mass is 16.5. The van der Waals surface area contributed by atoms with E-state index >= 15 is 0 Å². The number of fused-ring (bicyclic) bond motifs is 3. The monoisotopic (exact) mass is 338 g/mol. The lowest BCUT2D eigenvalue weighted by Crippen LogP contribution is -2.27. The standard InChI is InChI=1S/C23H30O2/c1-4-5-6-7-8-11-16-24-21-17-18-14-15-23(2,3)25-22(18)20-13-10-9-12-19(20)21/h9-10,12-15,17H,4-8,11,16H2,1-3H3. The Kier molecular flexibility index (Phi) is 5.67. The Morgan fingerprint density at radius 1 is 0.960 bits per heavy atom. The topological polar surface area (TPSA) is 18.5 Å². The van der Waals surface area contributed by atoms with Crippen LogP contribution < -0.4 is 9.47 Å². The molecule has 0 saturated heterocycles. The van der Waals surface area contributed by atoms with Gasteiger partial charge in [-0.3, -0.25) is 0 Å². The van der Waals surface area contributed by atoms with Gasteiger partial charge in [0, 0.05) is 16.3 Å². The normalized spacial score (nSPS) is 15.0. The van der Waals surface area contributed by atoms with Crippen LogP contribution in [-0.4, -0.2) is 12.2 Å². The quantitative estimate of drug-likeness (QED) is 0.495. The van der Waals surface area contributed by atoms with Gasteiger partial charge in [0.05, 0.1) is 6.61 Å². The third-order valence-electron chi connectivity index (χ3n) is 4.77. The van der Waals surface area contributed by atoms with E-state index in [9.17, 15) is 0 Å². The summed E-state index contributed by atoms with van der Waals surface area (Å²) >= 11 is 0. The Labute approximate surface area is 151 Å². The maximum absolute atomic E-state index is 6.23. The van der Waals surface area contributed by atoms with Crippen molar-refractivity contribution < 1.29 is 9.47 Å². The lowest BCUT2D eigenvalue weighted by molar-refractivity contribution is 0.161. The fraction of sp³-hybridized carbons (Fsp3) is 0.478. The van der Waals surface area contributed by atoms with Crippen LogP contribution in [0.5, 0.6) is 11.5 Å². The van der Waals surface area contributed by atoms with Crippen molar-refractivity contribution >= 4 is 16.8 Å². The molecule has 0 N–H and O–H groups in total. The molecule has 1 heterocycles. The zero-order valence-corrected chi connectivity index (χ0v) is 15.8. The van der Waals surface area contributed by atoms with E-state index in [0.29, 0.717) is 0 Å². The largest absolute Gasteiger partial charge is 0.493 e. The van der Waals surface area contributed by atoms with Gasteiger partial charge in [-0.25, -0.2) is 0 Å². The molecule has 2 nitrogen and oxygen atoms in total. The first-order valence-electron chi connectivity index (χ1n) is 9.67. The fourth-order valence-corrected chi connectivity index (χ4v) is 3.35. The van der Waals surface area contributed by atoms with Gasteiger partial charge < -0.3 is 9.47 Å². The zero-order chi connectivity index (χ0) is 17.7. The van der Waals surface area contributed by atoms with Crippen molar-refractivity contribution in [2.45, 2.75) is 64.9 Å². The van der Waals surface area contributed by atoms with Crippen molar-refractivity contribution in [1.29, 1.82) is 0 Å². The molecular formula is C23H30O2. The van der Waals surface area contributed by atoms with Crippen molar-refractivity contribution in [2.75, 3.05) is 6.61 Å². The maximum Gasteiger partial charge on any atom is 0.135 e. The molecule has 0 unspecified atom stereocenters. The summed E-state index contributed by atoms with van der Waals surface area (Å²) < 4.78 is 12.4. The van der Waals surface area contributed by atoms with Crippen LogP contribution >= 0.6 is 0 Å². The average Bonchev–Trinajstić information content (AvgIpc) is 2.61. The van der Waals surface area contributed by atoms with Crippen molar-refractivity contribution in [3.8, 4) is 11.5 Å². The number of ether oxygens (including phenoxy) is 2. The average molecular weight is 338 g/mol. The molecule has 1 aliphatic rings. The first kappa shape index (κ1) is 17.8. The third kappa shape index (κ3) is 4.36. The predicted octanol–water partition coefficient (Wildman–Crippen LogP) is 6.76. The summed E-state index contributed by atoms with van der Waals surface area (Å²) in [6.45, 7) is 7.21. The van der Waals surface area contributed by atoms with Gasteiger partial charge in [0.15, 0.2) is 0 Å². The molecule has 3 rings (SSSR count). The van der Waals surface area contributed by atoms with Crippen molar-refractivity contribution in [2.24, 2.45) is 0 Å². The maximum atomic E-state index is 6.23. The third-order valence-corrected chi connectivity index (χ3v) is 4.77. The van der Waals surface area contributed by atoms with Crippen LogP contribution in [0.25, 0.3) is 16.8 Å². The number of unbranched alkanes of at least 4 members (excludes halogenated alkanes) is 5. The van der Waals surface area contributed by atoms with Crippen LogP contribution in [0.1, 0.15) is 64.9 Å². The van der Waals surface area contributed by atoms with Gasteiger partial charge in [0.1, 0.15) is 17.1 Å². The van der Waals surface area contributed by atoms with Crippen LogP contribution in [0.15, 0.2) is 36.4 Å². The van der Waals surface area contributed by atoms with Crippen molar-refractivity contribution in [3.63, 3.8) is 0 Å². The molecule has 0 atom stereocenters. The highest BCUT2D eigenvalue weighted by Crippen LogP contribution is 2.41. The van der Waals surface area contributed by atoms with E-state index in [2.05, 4.69) is 63.3 Å². The summed E-state index contributed by atoms with van der Waals surface area (Å²) in [5.41, 5.74) is 0.840. The Bertz CT molecular complexity index is 743. The lowest BCUT2D eigenvalue weighted by Gasteiger charge is -2.29. The first-order chi connectivity index (χ1) is 12.1. The molecule has 2 heteroatoms. The Hall–Kier alpha value is -1.96. The SMILES string of the molecule is CCCCCCCCOc1cc2c(c3ccccc13)OC(C)(C)C=C2. The molecule has 25 heavy (non-hydrogen) atoms. The lowest BCUT2D eigenvalue weighted by atomic mass is 9.98. The minimum atomic E-state index is -0.267. The summed E-state index contributed by atoms with van der Waals surface area (Å²) in [5.74, 6) is 1.94. The molecular weight excluding hydrogens is 308 g/mol. The molecule has 0 fully saturated rings. The van der Waals surface area contributed by atoms with Crippen LogP contribution in [-0.2, 0) is 0 Å². The van der Waals surface area contributed by atoms with Crippen LogP contribution in [0, 0.1) is 0 Å². The first-order valence-corrected chi connectivity index (χ1v) is 9.67. The second-order valence-electron chi connectivity index (χ2n) is 7.49. The summed E-state index contributed by atoms with van der Waals surface area (Å²) in [4.78, 5) is 0. The minimum Gasteiger partial charge on any atom is -0.493 e. The van der Waals surface area contributed by atoms with Crippen LogP contribution in [0.2, 0.25) is 0 Å². The van der Waals surface area contributed by atoms with E-state index < -0.39 is 0 Å². The highest BCUT2D eigenvalue weighted by molar-refractivity contribution is 5.97. The van der Waals surface area contributed by atoms with E-state index in [1.807, 2.05) is 0 Å². The van der Waals surface area contributed by atoms with E-state index in [4.69, 9.17) is 9.47 Å². The van der Waals surface area contributed by atoms with E-state index in [-0.39, 0.29) is 5.60 Å². The molecule has 0 spiro atoms. The van der Waals surface area contributed by atoms with Gasteiger partial charge >= 0.3 is 0 Å². The Morgan fingerprint density at radius 3 is 2.48 bits per heavy atom. The van der Waals surface area contributed by atoms with Crippen LogP contribution in [0.4, 0.5) is 0 Å². The number of rotatable bonds is 8. The summed E-state index contributed by atoms with van der Waals surface area (Å²) in [7, 11) is 0. The summed E-state index contributed by atoms with van der Waals surface area (Å²) in [6, 6.07) is 10.5. The predicted molar refractivity (Wildman–Crippen MR) is 107 cm³/mol. The van der Waals surface area contributed by atoms with E-state index in [0.717, 1.165) is 40.9 Å². The van der Waals surface area contributed by atoms with Crippen molar-refractivity contribution in [1.82, 2.24) is 0 Å². The van der Waals surface area contributed by atoms with Gasteiger partial charge in [0.2, 0.25) is 0 Å². The molecule has 2 aromatic rings. The number of hydrogen-bond acceptors (Lipinski definition) is 2. The molecule has 0 saturated carbocycles. The van der Waals surface area contributed by atoms with Gasteiger partial charge in [-0.15, -0.1) is 0 Å². The van der Waals surface area contributed by atoms with E-state index in [1.165, 1.54) is 32.1 Å². The van der Waals surface area contributed by atoms with Gasteiger partial charge in [-0.2, -0.15) is 0 Å². The fourth-order valence-electron chi connectivity index (χ4n) is 3.35.